The van der Waals surface area contributed by atoms with E-state index >= 15 is 0 Å². The van der Waals surface area contributed by atoms with Crippen LogP contribution in [0.2, 0.25) is 5.15 Å². The van der Waals surface area contributed by atoms with E-state index in [2.05, 4.69) is 15.3 Å². The Morgan fingerprint density at radius 2 is 1.85 bits per heavy atom. The zero-order valence-corrected chi connectivity index (χ0v) is 14.7. The summed E-state index contributed by atoms with van der Waals surface area (Å²) in [4.78, 5) is 21.6. The van der Waals surface area contributed by atoms with E-state index in [1.165, 1.54) is 0 Å². The number of hydrogen-bond acceptors (Lipinski definition) is 5. The van der Waals surface area contributed by atoms with Crippen molar-refractivity contribution < 1.29 is 9.53 Å². The molecule has 0 bridgehead atoms. The Labute approximate surface area is 154 Å². The lowest BCUT2D eigenvalue weighted by Crippen LogP contribution is -2.11. The van der Waals surface area contributed by atoms with Crippen LogP contribution in [0.5, 0.6) is 0 Å². The Bertz CT molecular complexity index is 1110. The standard InChI is InChI=1S/C19H15ClN4O2/c1-2-26-19(25)15-17(21-12-8-4-3-5-9-12)23-18-16(20)22-13-10-6-7-11-14(13)24(15)18/h3-11,21H,2H2,1H3. The lowest BCUT2D eigenvalue weighted by Gasteiger charge is -2.08. The second-order valence-corrected chi connectivity index (χ2v) is 5.93. The van der Waals surface area contributed by atoms with Gasteiger partial charge in [-0.25, -0.2) is 14.8 Å². The van der Waals surface area contributed by atoms with E-state index in [1.54, 1.807) is 11.3 Å². The molecule has 4 rings (SSSR count). The van der Waals surface area contributed by atoms with Gasteiger partial charge in [0, 0.05) is 5.69 Å². The molecule has 4 aromatic rings. The number of imidazole rings is 1. The first-order chi connectivity index (χ1) is 12.7. The minimum Gasteiger partial charge on any atom is -0.461 e. The fraction of sp³-hybridized carbons (Fsp3) is 0.105. The van der Waals surface area contributed by atoms with Crippen molar-refractivity contribution in [1.82, 2.24) is 14.4 Å². The van der Waals surface area contributed by atoms with Crippen LogP contribution in [0.4, 0.5) is 11.5 Å². The van der Waals surface area contributed by atoms with E-state index in [1.807, 2.05) is 54.6 Å². The Morgan fingerprint density at radius 1 is 1.12 bits per heavy atom. The van der Waals surface area contributed by atoms with Crippen LogP contribution in [-0.2, 0) is 4.74 Å². The van der Waals surface area contributed by atoms with Gasteiger partial charge in [0.05, 0.1) is 17.6 Å². The van der Waals surface area contributed by atoms with Gasteiger partial charge in [0.15, 0.2) is 22.3 Å². The van der Waals surface area contributed by atoms with E-state index in [0.29, 0.717) is 17.0 Å². The number of rotatable bonds is 4. The number of halogens is 1. The topological polar surface area (TPSA) is 68.5 Å². The van der Waals surface area contributed by atoms with Crippen molar-refractivity contribution in [2.45, 2.75) is 6.92 Å². The molecule has 7 heteroatoms. The summed E-state index contributed by atoms with van der Waals surface area (Å²) in [7, 11) is 0. The normalized spacial score (nSPS) is 11.0. The summed E-state index contributed by atoms with van der Waals surface area (Å²) in [5, 5.41) is 3.39. The molecule has 0 aliphatic rings. The Morgan fingerprint density at radius 3 is 2.62 bits per heavy atom. The molecule has 0 amide bonds. The molecule has 0 unspecified atom stereocenters. The van der Waals surface area contributed by atoms with Gasteiger partial charge < -0.3 is 10.1 Å². The van der Waals surface area contributed by atoms with Gasteiger partial charge >= 0.3 is 5.97 Å². The third-order valence-electron chi connectivity index (χ3n) is 3.91. The average molecular weight is 367 g/mol. The average Bonchev–Trinajstić information content (AvgIpc) is 3.03. The summed E-state index contributed by atoms with van der Waals surface area (Å²) in [6.45, 7) is 2.02. The summed E-state index contributed by atoms with van der Waals surface area (Å²) in [5.41, 5.74) is 2.87. The molecule has 0 aliphatic carbocycles. The van der Waals surface area contributed by atoms with Crippen molar-refractivity contribution in [3.8, 4) is 0 Å². The van der Waals surface area contributed by atoms with Crippen LogP contribution in [0, 0.1) is 0 Å². The number of anilines is 2. The summed E-state index contributed by atoms with van der Waals surface area (Å²) in [6, 6.07) is 16.9. The van der Waals surface area contributed by atoms with Crippen LogP contribution < -0.4 is 5.32 Å². The van der Waals surface area contributed by atoms with Crippen LogP contribution in [0.1, 0.15) is 17.4 Å². The molecule has 1 N–H and O–H groups in total. The Hall–Kier alpha value is -3.12. The molecule has 0 saturated heterocycles. The molecule has 2 aromatic heterocycles. The van der Waals surface area contributed by atoms with Crippen molar-refractivity contribution in [3.05, 3.63) is 65.4 Å². The first-order valence-corrected chi connectivity index (χ1v) is 8.52. The first kappa shape index (κ1) is 16.4. The molecule has 0 saturated carbocycles. The number of aromatic nitrogens is 3. The lowest BCUT2D eigenvalue weighted by molar-refractivity contribution is 0.0520. The molecular weight excluding hydrogens is 352 g/mol. The van der Waals surface area contributed by atoms with E-state index in [9.17, 15) is 4.79 Å². The molecule has 2 heterocycles. The number of fused-ring (bicyclic) bond motifs is 3. The zero-order valence-electron chi connectivity index (χ0n) is 13.9. The van der Waals surface area contributed by atoms with Crippen LogP contribution in [0.25, 0.3) is 16.7 Å². The maximum absolute atomic E-state index is 12.7. The number of benzene rings is 2. The van der Waals surface area contributed by atoms with Gasteiger partial charge in [0.2, 0.25) is 0 Å². The largest absolute Gasteiger partial charge is 0.461 e. The van der Waals surface area contributed by atoms with E-state index in [0.717, 1.165) is 11.2 Å². The van der Waals surface area contributed by atoms with E-state index in [4.69, 9.17) is 16.3 Å². The molecular formula is C19H15ClN4O2. The molecule has 0 atom stereocenters. The second kappa shape index (κ2) is 6.65. The van der Waals surface area contributed by atoms with Crippen LogP contribution in [0.3, 0.4) is 0 Å². The van der Waals surface area contributed by atoms with Gasteiger partial charge in [-0.1, -0.05) is 41.9 Å². The highest BCUT2D eigenvalue weighted by Gasteiger charge is 2.24. The number of carbonyl (C=O) groups excluding carboxylic acids is 1. The van der Waals surface area contributed by atoms with Gasteiger partial charge in [-0.3, -0.25) is 4.40 Å². The SMILES string of the molecule is CCOC(=O)c1c(Nc2ccccc2)nc2c(Cl)nc3ccccc3n12. The van der Waals surface area contributed by atoms with Crippen LogP contribution >= 0.6 is 11.6 Å². The van der Waals surface area contributed by atoms with Gasteiger partial charge in [0.1, 0.15) is 0 Å². The maximum Gasteiger partial charge on any atom is 0.359 e. The van der Waals surface area contributed by atoms with Gasteiger partial charge in [-0.2, -0.15) is 0 Å². The molecule has 0 spiro atoms. The highest BCUT2D eigenvalue weighted by atomic mass is 35.5. The third kappa shape index (κ3) is 2.74. The monoisotopic (exact) mass is 366 g/mol. The number of nitrogens with one attached hydrogen (secondary N) is 1. The van der Waals surface area contributed by atoms with Crippen molar-refractivity contribution in [1.29, 1.82) is 0 Å². The van der Waals surface area contributed by atoms with Crippen LogP contribution in [0.15, 0.2) is 54.6 Å². The summed E-state index contributed by atoms with van der Waals surface area (Å²) >= 11 is 6.33. The van der Waals surface area contributed by atoms with Crippen LogP contribution in [-0.4, -0.2) is 26.9 Å². The highest BCUT2D eigenvalue weighted by molar-refractivity contribution is 6.32. The zero-order chi connectivity index (χ0) is 18.1. The van der Waals surface area contributed by atoms with Crippen molar-refractivity contribution in [2.75, 3.05) is 11.9 Å². The summed E-state index contributed by atoms with van der Waals surface area (Å²) in [6.07, 6.45) is 0. The van der Waals surface area contributed by atoms with Gasteiger partial charge in [0.25, 0.3) is 0 Å². The minimum atomic E-state index is -0.481. The molecule has 0 fully saturated rings. The fourth-order valence-electron chi connectivity index (χ4n) is 2.83. The number of ether oxygens (including phenoxy) is 1. The predicted octanol–water partition coefficient (Wildman–Crippen LogP) is 4.46. The molecule has 0 aliphatic heterocycles. The first-order valence-electron chi connectivity index (χ1n) is 8.15. The third-order valence-corrected chi connectivity index (χ3v) is 4.16. The summed E-state index contributed by atoms with van der Waals surface area (Å²) in [5.74, 6) is -0.111. The number of hydrogen-bond donors (Lipinski definition) is 1. The lowest BCUT2D eigenvalue weighted by atomic mass is 10.3. The molecule has 26 heavy (non-hydrogen) atoms. The van der Waals surface area contributed by atoms with E-state index < -0.39 is 5.97 Å². The molecule has 0 radical (unpaired) electrons. The van der Waals surface area contributed by atoms with Crippen molar-refractivity contribution in [3.63, 3.8) is 0 Å². The highest BCUT2D eigenvalue weighted by Crippen LogP contribution is 2.29. The van der Waals surface area contributed by atoms with Gasteiger partial charge in [-0.15, -0.1) is 0 Å². The summed E-state index contributed by atoms with van der Waals surface area (Å²) < 4.78 is 6.95. The minimum absolute atomic E-state index is 0.218. The fourth-order valence-corrected chi connectivity index (χ4v) is 3.05. The molecule has 2 aromatic carbocycles. The number of esters is 1. The van der Waals surface area contributed by atoms with E-state index in [-0.39, 0.29) is 17.5 Å². The predicted molar refractivity (Wildman–Crippen MR) is 101 cm³/mol. The maximum atomic E-state index is 12.7. The Kier molecular flexibility index (Phi) is 4.18. The quantitative estimate of drug-likeness (QED) is 0.540. The number of nitrogens with zero attached hydrogens (tertiary/aromatic N) is 3. The van der Waals surface area contributed by atoms with Crippen molar-refractivity contribution in [2.24, 2.45) is 0 Å². The number of para-hydroxylation sites is 3. The number of carbonyl (C=O) groups is 1. The smallest absolute Gasteiger partial charge is 0.359 e. The van der Waals surface area contributed by atoms with Gasteiger partial charge in [-0.05, 0) is 31.2 Å². The Balaban J connectivity index is 2.02. The molecule has 6 nitrogen and oxygen atoms in total. The second-order valence-electron chi connectivity index (χ2n) is 5.57. The van der Waals surface area contributed by atoms with Crippen molar-refractivity contribution >= 4 is 45.8 Å². The molecule has 130 valence electrons.